The average molecular weight is 374 g/mol. The number of thioether (sulfide) groups is 1. The summed E-state index contributed by atoms with van der Waals surface area (Å²) in [6.07, 6.45) is 4.98. The van der Waals surface area contributed by atoms with Crippen molar-refractivity contribution in [1.29, 1.82) is 0 Å². The molecule has 0 N–H and O–H groups in total. The molecule has 0 radical (unpaired) electrons. The molecule has 7 heteroatoms. The van der Waals surface area contributed by atoms with Crippen LogP contribution < -0.4 is 4.74 Å². The van der Waals surface area contributed by atoms with Crippen molar-refractivity contribution in [3.8, 4) is 5.75 Å². The fourth-order valence-corrected chi connectivity index (χ4v) is 3.33. The largest absolute Gasteiger partial charge is 0.494 e. The number of hydrogen-bond acceptors (Lipinski definition) is 5. The average Bonchev–Trinajstić information content (AvgIpc) is 2.87. The highest BCUT2D eigenvalue weighted by Gasteiger charge is 2.30. The van der Waals surface area contributed by atoms with Gasteiger partial charge in [0.25, 0.3) is 5.91 Å². The summed E-state index contributed by atoms with van der Waals surface area (Å²) in [4.78, 5) is 23.0. The van der Waals surface area contributed by atoms with Crippen LogP contribution in [-0.4, -0.2) is 34.6 Å². The number of amidine groups is 1. The zero-order chi connectivity index (χ0) is 17.8. The minimum Gasteiger partial charge on any atom is -0.494 e. The number of rotatable bonds is 4. The molecule has 0 aliphatic carbocycles. The Bertz CT molecular complexity index is 850. The first-order chi connectivity index (χ1) is 12.1. The quantitative estimate of drug-likeness (QED) is 0.747. The number of carbonyl (C=O) groups excluding carboxylic acids is 1. The third-order valence-electron chi connectivity index (χ3n) is 3.46. The van der Waals surface area contributed by atoms with Gasteiger partial charge in [-0.05, 0) is 48.5 Å². The molecule has 5 nitrogen and oxygen atoms in total. The molecular weight excluding hydrogens is 358 g/mol. The normalized spacial score (nSPS) is 17.6. The van der Waals surface area contributed by atoms with Gasteiger partial charge in [0.15, 0.2) is 5.17 Å². The van der Waals surface area contributed by atoms with Crippen LogP contribution in [-0.2, 0) is 4.79 Å². The van der Waals surface area contributed by atoms with Crippen LogP contribution in [0.3, 0.4) is 0 Å². The van der Waals surface area contributed by atoms with Crippen molar-refractivity contribution in [1.82, 2.24) is 9.88 Å². The standard InChI is InChI=1S/C18H16ClN3O2S/c1-3-24-13-6-4-12(5-7-13)10-16-17(23)22(2)18(25-16)21-15-8-9-20-11-14(15)19/h4-11H,3H2,1-2H3/b16-10-,21-18?. The first-order valence-corrected chi connectivity index (χ1v) is 8.86. The molecule has 1 fully saturated rings. The summed E-state index contributed by atoms with van der Waals surface area (Å²) in [6, 6.07) is 9.31. The summed E-state index contributed by atoms with van der Waals surface area (Å²) in [5, 5.41) is 1.02. The molecule has 128 valence electrons. The van der Waals surface area contributed by atoms with E-state index in [0.29, 0.717) is 27.4 Å². The van der Waals surface area contributed by atoms with Crippen LogP contribution in [0.4, 0.5) is 5.69 Å². The van der Waals surface area contributed by atoms with Crippen molar-refractivity contribution in [2.45, 2.75) is 6.92 Å². The number of hydrogen-bond donors (Lipinski definition) is 0. The highest BCUT2D eigenvalue weighted by Crippen LogP contribution is 2.34. The topological polar surface area (TPSA) is 54.8 Å². The number of pyridine rings is 1. The van der Waals surface area contributed by atoms with Gasteiger partial charge in [-0.3, -0.25) is 14.7 Å². The fraction of sp³-hybridized carbons (Fsp3) is 0.167. The van der Waals surface area contributed by atoms with Gasteiger partial charge >= 0.3 is 0 Å². The van der Waals surface area contributed by atoms with E-state index in [1.165, 1.54) is 22.9 Å². The molecule has 0 saturated carbocycles. The molecule has 25 heavy (non-hydrogen) atoms. The Kier molecular flexibility index (Phi) is 5.40. The lowest BCUT2D eigenvalue weighted by atomic mass is 10.2. The van der Waals surface area contributed by atoms with Crippen molar-refractivity contribution >= 4 is 46.2 Å². The summed E-state index contributed by atoms with van der Waals surface area (Å²) in [6.45, 7) is 2.56. The van der Waals surface area contributed by atoms with Crippen LogP contribution in [0.15, 0.2) is 52.6 Å². The first-order valence-electron chi connectivity index (χ1n) is 7.67. The van der Waals surface area contributed by atoms with Crippen molar-refractivity contribution < 1.29 is 9.53 Å². The van der Waals surface area contributed by atoms with E-state index in [9.17, 15) is 4.79 Å². The third kappa shape index (κ3) is 4.03. The van der Waals surface area contributed by atoms with Gasteiger partial charge in [0.2, 0.25) is 0 Å². The van der Waals surface area contributed by atoms with E-state index < -0.39 is 0 Å². The van der Waals surface area contributed by atoms with Gasteiger partial charge < -0.3 is 4.74 Å². The maximum absolute atomic E-state index is 12.5. The molecule has 3 rings (SSSR count). The maximum atomic E-state index is 12.5. The molecule has 0 atom stereocenters. The number of ether oxygens (including phenoxy) is 1. The summed E-state index contributed by atoms with van der Waals surface area (Å²) in [5.74, 6) is 0.713. The van der Waals surface area contributed by atoms with Crippen LogP contribution in [0.25, 0.3) is 6.08 Å². The second kappa shape index (κ2) is 7.72. The molecule has 2 heterocycles. The van der Waals surface area contributed by atoms with Crippen molar-refractivity contribution in [3.05, 3.63) is 58.2 Å². The Morgan fingerprint density at radius 2 is 2.08 bits per heavy atom. The lowest BCUT2D eigenvalue weighted by Gasteiger charge is -2.07. The van der Waals surface area contributed by atoms with Crippen LogP contribution in [0, 0.1) is 0 Å². The van der Waals surface area contributed by atoms with Gasteiger partial charge in [0, 0.05) is 19.4 Å². The second-order valence-corrected chi connectivity index (χ2v) is 6.61. The van der Waals surface area contributed by atoms with Crippen molar-refractivity contribution in [3.63, 3.8) is 0 Å². The number of aliphatic imine (C=N–C) groups is 1. The monoisotopic (exact) mass is 373 g/mol. The molecule has 0 bridgehead atoms. The summed E-state index contributed by atoms with van der Waals surface area (Å²) >= 11 is 7.40. The van der Waals surface area contributed by atoms with E-state index in [0.717, 1.165) is 11.3 Å². The molecule has 1 aliphatic heterocycles. The van der Waals surface area contributed by atoms with E-state index in [1.807, 2.05) is 37.3 Å². The molecule has 0 unspecified atom stereocenters. The number of carbonyl (C=O) groups is 1. The number of aromatic nitrogens is 1. The van der Waals surface area contributed by atoms with Crippen LogP contribution in [0.2, 0.25) is 5.02 Å². The third-order valence-corrected chi connectivity index (χ3v) is 4.81. The van der Waals surface area contributed by atoms with Gasteiger partial charge in [-0.25, -0.2) is 4.99 Å². The van der Waals surface area contributed by atoms with Crippen LogP contribution >= 0.6 is 23.4 Å². The molecular formula is C18H16ClN3O2S. The number of nitrogens with zero attached hydrogens (tertiary/aromatic N) is 3. The van der Waals surface area contributed by atoms with Gasteiger partial charge in [-0.2, -0.15) is 0 Å². The molecule has 1 aromatic heterocycles. The Balaban J connectivity index is 1.84. The van der Waals surface area contributed by atoms with Gasteiger partial charge in [-0.1, -0.05) is 23.7 Å². The first kappa shape index (κ1) is 17.5. The fourth-order valence-electron chi connectivity index (χ4n) is 2.19. The lowest BCUT2D eigenvalue weighted by molar-refractivity contribution is -0.121. The Morgan fingerprint density at radius 1 is 1.32 bits per heavy atom. The Labute approximate surface area is 155 Å². The Hall–Kier alpha value is -2.31. The zero-order valence-electron chi connectivity index (χ0n) is 13.8. The van der Waals surface area contributed by atoms with E-state index in [1.54, 1.807) is 19.3 Å². The molecule has 1 amide bonds. The van der Waals surface area contributed by atoms with E-state index >= 15 is 0 Å². The smallest absolute Gasteiger partial charge is 0.266 e. The predicted octanol–water partition coefficient (Wildman–Crippen LogP) is 4.37. The van der Waals surface area contributed by atoms with E-state index in [4.69, 9.17) is 16.3 Å². The van der Waals surface area contributed by atoms with Crippen molar-refractivity contribution in [2.24, 2.45) is 4.99 Å². The van der Waals surface area contributed by atoms with Crippen LogP contribution in [0.1, 0.15) is 12.5 Å². The lowest BCUT2D eigenvalue weighted by Crippen LogP contribution is -2.23. The number of likely N-dealkylation sites (N-methyl/N-ethyl adjacent to an activating group) is 1. The number of amides is 1. The predicted molar refractivity (Wildman–Crippen MR) is 102 cm³/mol. The van der Waals surface area contributed by atoms with Gasteiger partial charge in [0.05, 0.1) is 22.2 Å². The van der Waals surface area contributed by atoms with E-state index in [2.05, 4.69) is 9.98 Å². The molecule has 0 spiro atoms. The van der Waals surface area contributed by atoms with E-state index in [-0.39, 0.29) is 5.91 Å². The summed E-state index contributed by atoms with van der Waals surface area (Å²) in [7, 11) is 1.70. The summed E-state index contributed by atoms with van der Waals surface area (Å²) < 4.78 is 5.43. The molecule has 1 aliphatic rings. The van der Waals surface area contributed by atoms with Gasteiger partial charge in [-0.15, -0.1) is 0 Å². The summed E-state index contributed by atoms with van der Waals surface area (Å²) in [5.41, 5.74) is 1.51. The SMILES string of the molecule is CCOc1ccc(/C=C2\SC(=Nc3ccncc3Cl)N(C)C2=O)cc1. The highest BCUT2D eigenvalue weighted by atomic mass is 35.5. The highest BCUT2D eigenvalue weighted by molar-refractivity contribution is 8.18. The Morgan fingerprint density at radius 3 is 2.76 bits per heavy atom. The van der Waals surface area contributed by atoms with Crippen molar-refractivity contribution in [2.75, 3.05) is 13.7 Å². The molecule has 1 saturated heterocycles. The van der Waals surface area contributed by atoms with Crippen LogP contribution in [0.5, 0.6) is 5.75 Å². The molecule has 2 aromatic rings. The minimum atomic E-state index is -0.0946. The maximum Gasteiger partial charge on any atom is 0.266 e. The zero-order valence-corrected chi connectivity index (χ0v) is 15.3. The second-order valence-electron chi connectivity index (χ2n) is 5.20. The number of benzene rings is 1. The number of halogens is 1. The van der Waals surface area contributed by atoms with Gasteiger partial charge in [0.1, 0.15) is 5.75 Å². The minimum absolute atomic E-state index is 0.0946. The molecule has 1 aromatic carbocycles.